The predicted octanol–water partition coefficient (Wildman–Crippen LogP) is 13.3. The maximum Gasteiger partial charge on any atom is 0.404 e. The molecule has 0 aliphatic rings. The zero-order valence-corrected chi connectivity index (χ0v) is 53.1. The third-order valence-electron chi connectivity index (χ3n) is 16.6. The first-order chi connectivity index (χ1) is 32.6. The van der Waals surface area contributed by atoms with E-state index in [1.54, 1.807) is 13.1 Å². The average Bonchev–Trinajstić information content (AvgIpc) is 3.25. The summed E-state index contributed by atoms with van der Waals surface area (Å²) in [5.41, 5.74) is 8.04. The van der Waals surface area contributed by atoms with Crippen LogP contribution in [0.4, 0.5) is 4.79 Å². The van der Waals surface area contributed by atoms with Gasteiger partial charge in [-0.25, -0.2) is 9.86 Å². The molecule has 1 aromatic carbocycles. The zero-order valence-electron chi connectivity index (χ0n) is 50.1. The van der Waals surface area contributed by atoms with Gasteiger partial charge in [0.25, 0.3) is 5.91 Å². The van der Waals surface area contributed by atoms with Crippen LogP contribution in [-0.2, 0) is 39.0 Å². The van der Waals surface area contributed by atoms with Gasteiger partial charge in [-0.2, -0.15) is 0 Å². The highest BCUT2D eigenvalue weighted by Crippen LogP contribution is 2.43. The molecule has 418 valence electrons. The van der Waals surface area contributed by atoms with Gasteiger partial charge < -0.3 is 38.7 Å². The second-order valence-corrected chi connectivity index (χ2v) is 40.4. The van der Waals surface area contributed by atoms with E-state index in [2.05, 4.69) is 142 Å². The molecule has 0 radical (unpaired) electrons. The molecule has 1 rings (SSSR count). The lowest BCUT2D eigenvalue weighted by atomic mass is 9.81. The first-order valence-electron chi connectivity index (χ1n) is 26.8. The van der Waals surface area contributed by atoms with Crippen molar-refractivity contribution in [2.24, 2.45) is 47.2 Å². The standard InChI is InChI=1S/C57H108N2O10Si3/c1-38(34-41(4)51(68-71(22,23)56(12,13)14)44(7)50(66-54(58)63)42(5)36-65-37-46-29-27-26-28-30-46)33-40(3)49(67-70(20,21)55(9,10)11)39(2)31-32-47(60)35-48(61)43(6)52(45(8)53(62)59(18)64-19)69-72(24,25)57(15,16)17/h26-33,39-45,47-52,60-61H,34-37H2,1-25H3,(H2,58,63)/t39-,40-,41-,42-,43-,44+,45+,47+,48-,49-,50-,51+,52-/m0/s1. The van der Waals surface area contributed by atoms with E-state index in [1.165, 1.54) is 17.7 Å². The largest absolute Gasteiger partial charge is 0.446 e. The SMILES string of the molecule is CON(C)C(=O)[C@H](C)[C@@H](O[Si](C)(C)C(C)(C)C)[C@@H](C)[C@@H](O)C[C@H](O)C=C[C@H](C)[C@H](O[Si](C)(C)C(C)(C)C)[C@@H](C)C=C(C)C[C@H](C)[C@@H](O[Si](C)(C)C(C)(C)C)[C@H](C)[C@@H](OC(N)=O)[C@@H](C)COCc1ccccc1. The summed E-state index contributed by atoms with van der Waals surface area (Å²) in [6.07, 6.45) is 2.64. The summed E-state index contributed by atoms with van der Waals surface area (Å²) in [7, 11) is -3.96. The Morgan fingerprint density at radius 2 is 1.15 bits per heavy atom. The maximum atomic E-state index is 13.4. The fraction of sp³-hybridized carbons (Fsp3) is 0.789. The van der Waals surface area contributed by atoms with Gasteiger partial charge in [-0.15, -0.1) is 0 Å². The lowest BCUT2D eigenvalue weighted by molar-refractivity contribution is -0.177. The number of hydrogen-bond acceptors (Lipinski definition) is 10. The van der Waals surface area contributed by atoms with Gasteiger partial charge >= 0.3 is 6.09 Å². The van der Waals surface area contributed by atoms with E-state index in [-0.39, 0.29) is 69.2 Å². The molecule has 1 aromatic rings. The Labute approximate surface area is 443 Å². The summed E-state index contributed by atoms with van der Waals surface area (Å²) < 4.78 is 33.6. The molecular weight excluding hydrogens is 957 g/mol. The number of carbonyl (C=O) groups excluding carboxylic acids is 2. The number of aliphatic hydroxyl groups excluding tert-OH is 2. The monoisotopic (exact) mass is 1060 g/mol. The summed E-state index contributed by atoms with van der Waals surface area (Å²) in [4.78, 5) is 31.2. The van der Waals surface area contributed by atoms with Gasteiger partial charge in [-0.3, -0.25) is 9.63 Å². The highest BCUT2D eigenvalue weighted by Gasteiger charge is 2.47. The van der Waals surface area contributed by atoms with Gasteiger partial charge in [0.15, 0.2) is 25.0 Å². The number of nitrogens with zero attached hydrogens (tertiary/aromatic N) is 1. The molecule has 0 aromatic heterocycles. The Morgan fingerprint density at radius 3 is 1.61 bits per heavy atom. The molecule has 4 N–H and O–H groups in total. The molecule has 0 unspecified atom stereocenters. The Balaban J connectivity index is 3.59. The Morgan fingerprint density at radius 1 is 0.681 bits per heavy atom. The number of primary amides is 1. The molecular formula is C57H108N2O10Si3. The van der Waals surface area contributed by atoms with E-state index < -0.39 is 67.3 Å². The van der Waals surface area contributed by atoms with Gasteiger partial charge in [-0.1, -0.05) is 165 Å². The van der Waals surface area contributed by atoms with Crippen LogP contribution >= 0.6 is 0 Å². The third kappa shape index (κ3) is 20.7. The molecule has 13 atom stereocenters. The van der Waals surface area contributed by atoms with Crippen LogP contribution in [0.15, 0.2) is 54.1 Å². The molecule has 0 heterocycles. The smallest absolute Gasteiger partial charge is 0.404 e. The number of rotatable bonds is 29. The van der Waals surface area contributed by atoms with Crippen LogP contribution in [0.25, 0.3) is 0 Å². The Hall–Kier alpha value is -2.19. The van der Waals surface area contributed by atoms with Crippen molar-refractivity contribution in [3.63, 3.8) is 0 Å². The molecule has 0 bridgehead atoms. The van der Waals surface area contributed by atoms with Crippen LogP contribution in [0.2, 0.25) is 54.4 Å². The van der Waals surface area contributed by atoms with Crippen LogP contribution in [0, 0.1) is 41.4 Å². The minimum absolute atomic E-state index is 0.00357. The summed E-state index contributed by atoms with van der Waals surface area (Å²) in [6.45, 7) is 50.8. The molecule has 0 saturated carbocycles. The lowest BCUT2D eigenvalue weighted by Gasteiger charge is -2.45. The number of amides is 2. The molecule has 0 fully saturated rings. The molecule has 2 amide bonds. The van der Waals surface area contributed by atoms with Crippen LogP contribution in [0.5, 0.6) is 0 Å². The van der Waals surface area contributed by atoms with Crippen molar-refractivity contribution in [3.05, 3.63) is 59.7 Å². The van der Waals surface area contributed by atoms with Crippen molar-refractivity contribution in [1.82, 2.24) is 5.06 Å². The van der Waals surface area contributed by atoms with Crippen molar-refractivity contribution in [2.75, 3.05) is 20.8 Å². The highest BCUT2D eigenvalue weighted by atomic mass is 28.4. The van der Waals surface area contributed by atoms with Crippen molar-refractivity contribution in [2.45, 2.75) is 228 Å². The number of allylic oxidation sites excluding steroid dienone is 1. The second-order valence-electron chi connectivity index (χ2n) is 26.1. The number of hydrogen-bond donors (Lipinski definition) is 3. The van der Waals surface area contributed by atoms with E-state index in [1.807, 2.05) is 57.2 Å². The highest BCUT2D eigenvalue weighted by molar-refractivity contribution is 6.75. The second kappa shape index (κ2) is 28.3. The van der Waals surface area contributed by atoms with Gasteiger partial charge in [0.2, 0.25) is 0 Å². The van der Waals surface area contributed by atoms with Gasteiger partial charge in [0, 0.05) is 31.2 Å². The molecule has 0 saturated heterocycles. The normalized spacial score (nSPS) is 19.3. The first-order valence-corrected chi connectivity index (χ1v) is 35.5. The molecule has 15 heteroatoms. The number of hydroxylamine groups is 2. The number of nitrogens with two attached hydrogens (primary N) is 1. The quantitative estimate of drug-likeness (QED) is 0.0400. The van der Waals surface area contributed by atoms with Gasteiger partial charge in [-0.05, 0) is 91.1 Å². The topological polar surface area (TPSA) is 159 Å². The zero-order chi connectivity index (χ0) is 56.1. The minimum atomic E-state index is -2.38. The van der Waals surface area contributed by atoms with E-state index >= 15 is 0 Å². The summed E-state index contributed by atoms with van der Waals surface area (Å²) in [5.74, 6) is -1.70. The summed E-state index contributed by atoms with van der Waals surface area (Å²) >= 11 is 0. The maximum absolute atomic E-state index is 13.4. The average molecular weight is 1070 g/mol. The predicted molar refractivity (Wildman–Crippen MR) is 305 cm³/mol. The van der Waals surface area contributed by atoms with Gasteiger partial charge in [0.05, 0.1) is 56.8 Å². The molecule has 72 heavy (non-hydrogen) atoms. The summed E-state index contributed by atoms with van der Waals surface area (Å²) in [5, 5.41) is 24.2. The fourth-order valence-electron chi connectivity index (χ4n) is 8.67. The van der Waals surface area contributed by atoms with Crippen molar-refractivity contribution in [3.8, 4) is 0 Å². The number of benzene rings is 1. The van der Waals surface area contributed by atoms with Crippen LogP contribution in [0.1, 0.15) is 136 Å². The van der Waals surface area contributed by atoms with Gasteiger partial charge in [0.1, 0.15) is 6.10 Å². The molecule has 12 nitrogen and oxygen atoms in total. The summed E-state index contributed by atoms with van der Waals surface area (Å²) in [6, 6.07) is 10.0. The lowest BCUT2D eigenvalue weighted by Crippen LogP contribution is -2.52. The Bertz CT molecular complexity index is 1840. The van der Waals surface area contributed by atoms with Crippen LogP contribution < -0.4 is 5.73 Å². The fourth-order valence-corrected chi connectivity index (χ4v) is 13.1. The van der Waals surface area contributed by atoms with Crippen LogP contribution in [0.3, 0.4) is 0 Å². The van der Waals surface area contributed by atoms with Crippen molar-refractivity contribution < 1.29 is 47.4 Å². The minimum Gasteiger partial charge on any atom is -0.446 e. The first kappa shape index (κ1) is 67.8. The number of carbonyl (C=O) groups is 2. The van der Waals surface area contributed by atoms with E-state index in [4.69, 9.17) is 33.3 Å². The third-order valence-corrected chi connectivity index (χ3v) is 30.0. The van der Waals surface area contributed by atoms with Crippen molar-refractivity contribution in [1.29, 1.82) is 0 Å². The Kier molecular flexibility index (Phi) is 26.6. The number of ether oxygens (including phenoxy) is 2. The molecule has 0 aliphatic heterocycles. The van der Waals surface area contributed by atoms with E-state index in [0.717, 1.165) is 12.0 Å². The van der Waals surface area contributed by atoms with Crippen molar-refractivity contribution >= 4 is 37.0 Å². The van der Waals surface area contributed by atoms with Crippen LogP contribution in [-0.4, -0.2) is 110 Å². The number of aliphatic hydroxyl groups is 2. The molecule has 0 spiro atoms. The molecule has 0 aliphatic carbocycles. The van der Waals surface area contributed by atoms with E-state index in [0.29, 0.717) is 13.2 Å². The van der Waals surface area contributed by atoms with E-state index in [9.17, 15) is 19.8 Å².